The van der Waals surface area contributed by atoms with E-state index in [0.29, 0.717) is 5.56 Å². The molecule has 2 N–H and O–H groups in total. The van der Waals surface area contributed by atoms with Gasteiger partial charge in [-0.1, -0.05) is 30.3 Å². The zero-order chi connectivity index (χ0) is 15.8. The van der Waals surface area contributed by atoms with Crippen molar-refractivity contribution < 1.29 is 10.0 Å². The molecule has 4 rings (SSSR count). The molecule has 0 aliphatic carbocycles. The molecule has 2 heterocycles. The van der Waals surface area contributed by atoms with E-state index in [2.05, 4.69) is 28.8 Å². The summed E-state index contributed by atoms with van der Waals surface area (Å²) in [6, 6.07) is 15.9. The Balaban J connectivity index is 1.78. The summed E-state index contributed by atoms with van der Waals surface area (Å²) in [5, 5.41) is 10.1. The van der Waals surface area contributed by atoms with Crippen molar-refractivity contribution in [3.8, 4) is 0 Å². The molecule has 0 unspecified atom stereocenters. The zero-order valence-corrected chi connectivity index (χ0v) is 13.3. The first-order chi connectivity index (χ1) is 11.3. The van der Waals surface area contributed by atoms with E-state index in [0.717, 1.165) is 24.3 Å². The number of carbonyl (C=O) groups excluding carboxylic acids is 1. The highest BCUT2D eigenvalue weighted by molar-refractivity contribution is 7.99. The third-order valence-electron chi connectivity index (χ3n) is 4.24. The Morgan fingerprint density at radius 2 is 2.09 bits per heavy atom. The van der Waals surface area contributed by atoms with Gasteiger partial charge in [0.1, 0.15) is 0 Å². The summed E-state index contributed by atoms with van der Waals surface area (Å²) in [7, 11) is 0. The molecule has 1 aromatic heterocycles. The van der Waals surface area contributed by atoms with Crippen LogP contribution in [-0.4, -0.2) is 21.4 Å². The predicted molar refractivity (Wildman–Crippen MR) is 91.2 cm³/mol. The fourth-order valence-corrected chi connectivity index (χ4v) is 4.43. The maximum atomic E-state index is 11.6. The predicted octanol–water partition coefficient (Wildman–Crippen LogP) is 3.46. The molecule has 2 aromatic carbocycles. The minimum absolute atomic E-state index is 0.465. The van der Waals surface area contributed by atoms with E-state index in [-0.39, 0.29) is 0 Å². The summed E-state index contributed by atoms with van der Waals surface area (Å²) in [5.41, 5.74) is 5.82. The lowest BCUT2D eigenvalue weighted by atomic mass is 10.1. The van der Waals surface area contributed by atoms with Crippen molar-refractivity contribution in [3.05, 3.63) is 65.4 Å². The highest BCUT2D eigenvalue weighted by Gasteiger charge is 2.21. The van der Waals surface area contributed by atoms with Crippen molar-refractivity contribution >= 4 is 28.6 Å². The summed E-state index contributed by atoms with van der Waals surface area (Å²) >= 11 is 1.92. The van der Waals surface area contributed by atoms with E-state index >= 15 is 0 Å². The fourth-order valence-electron chi connectivity index (χ4n) is 3.22. The zero-order valence-electron chi connectivity index (χ0n) is 12.5. The lowest BCUT2D eigenvalue weighted by Gasteiger charge is -2.10. The van der Waals surface area contributed by atoms with Gasteiger partial charge in [0, 0.05) is 39.4 Å². The Morgan fingerprint density at radius 3 is 2.96 bits per heavy atom. The number of hydrogen-bond donors (Lipinski definition) is 2. The molecular weight excluding hydrogens is 308 g/mol. The Kier molecular flexibility index (Phi) is 3.59. The number of benzene rings is 2. The van der Waals surface area contributed by atoms with Crippen molar-refractivity contribution in [2.45, 2.75) is 17.9 Å². The summed E-state index contributed by atoms with van der Waals surface area (Å²) < 4.78 is 2.35. The van der Waals surface area contributed by atoms with Crippen LogP contribution in [0.25, 0.3) is 10.9 Å². The fraction of sp³-hybridized carbons (Fsp3) is 0.167. The maximum absolute atomic E-state index is 11.6. The molecule has 0 saturated heterocycles. The number of rotatable bonds is 3. The molecule has 0 spiro atoms. The highest BCUT2D eigenvalue weighted by atomic mass is 32.2. The molecule has 1 aliphatic heterocycles. The Hall–Kier alpha value is -2.24. The summed E-state index contributed by atoms with van der Waals surface area (Å²) in [5.74, 6) is 0.646. The van der Waals surface area contributed by atoms with Crippen molar-refractivity contribution in [1.29, 1.82) is 0 Å². The number of para-hydroxylation sites is 1. The Bertz CT molecular complexity index is 901. The lowest BCUT2D eigenvalue weighted by Crippen LogP contribution is -2.18. The van der Waals surface area contributed by atoms with Gasteiger partial charge in [0.05, 0.1) is 0 Å². The van der Waals surface area contributed by atoms with Gasteiger partial charge in [0.15, 0.2) is 0 Å². The van der Waals surface area contributed by atoms with Gasteiger partial charge in [-0.15, -0.1) is 11.8 Å². The summed E-state index contributed by atoms with van der Waals surface area (Å²) in [4.78, 5) is 13.0. The van der Waals surface area contributed by atoms with Gasteiger partial charge in [-0.05, 0) is 30.2 Å². The maximum Gasteiger partial charge on any atom is 0.274 e. The van der Waals surface area contributed by atoms with Crippen LogP contribution < -0.4 is 5.48 Å². The van der Waals surface area contributed by atoms with E-state index < -0.39 is 5.91 Å². The number of amides is 1. The molecule has 1 aliphatic rings. The second-order valence-corrected chi connectivity index (χ2v) is 6.72. The monoisotopic (exact) mass is 324 g/mol. The van der Waals surface area contributed by atoms with Crippen LogP contribution in [0.3, 0.4) is 0 Å². The van der Waals surface area contributed by atoms with E-state index in [9.17, 15) is 4.79 Å². The summed E-state index contributed by atoms with van der Waals surface area (Å²) in [6.45, 7) is 0.725. The Labute approximate surface area is 138 Å². The Morgan fingerprint density at radius 1 is 1.22 bits per heavy atom. The van der Waals surface area contributed by atoms with E-state index in [4.69, 9.17) is 5.21 Å². The average Bonchev–Trinajstić information content (AvgIpc) is 3.18. The highest BCUT2D eigenvalue weighted by Crippen LogP contribution is 2.40. The van der Waals surface area contributed by atoms with Crippen LogP contribution in [0.2, 0.25) is 0 Å². The lowest BCUT2D eigenvalue weighted by molar-refractivity contribution is 0.0706. The number of thioether (sulfide) groups is 1. The smallest absolute Gasteiger partial charge is 0.274 e. The molecule has 5 heteroatoms. The number of hydroxylamine groups is 1. The molecular formula is C18H16N2O2S. The van der Waals surface area contributed by atoms with E-state index in [1.54, 1.807) is 11.5 Å². The van der Waals surface area contributed by atoms with Gasteiger partial charge in [-0.25, -0.2) is 5.48 Å². The van der Waals surface area contributed by atoms with Gasteiger partial charge in [0.25, 0.3) is 5.91 Å². The molecule has 1 amide bonds. The third kappa shape index (κ3) is 2.42. The van der Waals surface area contributed by atoms with E-state index in [1.807, 2.05) is 30.0 Å². The van der Waals surface area contributed by atoms with Crippen molar-refractivity contribution in [2.75, 3.05) is 5.75 Å². The van der Waals surface area contributed by atoms with Crippen molar-refractivity contribution in [2.24, 2.45) is 0 Å². The molecule has 0 atom stereocenters. The van der Waals surface area contributed by atoms with Crippen molar-refractivity contribution in [1.82, 2.24) is 10.0 Å². The first-order valence-corrected chi connectivity index (χ1v) is 8.53. The first-order valence-electron chi connectivity index (χ1n) is 7.54. The number of nitrogens with zero attached hydrogens (tertiary/aromatic N) is 1. The normalized spacial score (nSPS) is 13.3. The molecule has 0 radical (unpaired) electrons. The SMILES string of the molecule is O=C(NO)c1cccc(Cn2c3c(c4ccccc42)SCC3)c1. The third-order valence-corrected chi connectivity index (χ3v) is 5.40. The number of nitrogens with one attached hydrogen (secondary N) is 1. The van der Waals surface area contributed by atoms with Gasteiger partial charge < -0.3 is 4.57 Å². The van der Waals surface area contributed by atoms with Crippen molar-refractivity contribution in [3.63, 3.8) is 0 Å². The molecule has 116 valence electrons. The minimum Gasteiger partial charge on any atom is -0.339 e. The standard InChI is InChI=1S/C18H16N2O2S/c21-18(19-22)13-5-3-4-12(10-13)11-20-15-7-2-1-6-14(15)17-16(20)8-9-23-17/h1-7,10,22H,8-9,11H2,(H,19,21). The van der Waals surface area contributed by atoms with Crippen LogP contribution in [0.5, 0.6) is 0 Å². The van der Waals surface area contributed by atoms with Crippen LogP contribution in [0.15, 0.2) is 53.4 Å². The number of hydrogen-bond acceptors (Lipinski definition) is 3. The van der Waals surface area contributed by atoms with Gasteiger partial charge in [0.2, 0.25) is 0 Å². The first kappa shape index (κ1) is 14.4. The second-order valence-electron chi connectivity index (χ2n) is 5.62. The van der Waals surface area contributed by atoms with Gasteiger partial charge in [-0.3, -0.25) is 10.0 Å². The molecule has 0 bridgehead atoms. The number of fused-ring (bicyclic) bond motifs is 3. The number of carbonyl (C=O) groups is 1. The molecule has 23 heavy (non-hydrogen) atoms. The largest absolute Gasteiger partial charge is 0.339 e. The topological polar surface area (TPSA) is 54.3 Å². The molecule has 4 nitrogen and oxygen atoms in total. The average molecular weight is 324 g/mol. The minimum atomic E-state index is -0.481. The van der Waals surface area contributed by atoms with Crippen LogP contribution >= 0.6 is 11.8 Å². The number of aromatic nitrogens is 1. The molecule has 3 aromatic rings. The van der Waals surface area contributed by atoms with Crippen LogP contribution in [0.1, 0.15) is 21.6 Å². The van der Waals surface area contributed by atoms with Gasteiger partial charge in [-0.2, -0.15) is 0 Å². The van der Waals surface area contributed by atoms with Crippen LogP contribution in [0.4, 0.5) is 0 Å². The van der Waals surface area contributed by atoms with E-state index in [1.165, 1.54) is 21.5 Å². The van der Waals surface area contributed by atoms with Crippen LogP contribution in [0, 0.1) is 0 Å². The molecule has 0 saturated carbocycles. The van der Waals surface area contributed by atoms with Gasteiger partial charge >= 0.3 is 0 Å². The van der Waals surface area contributed by atoms with Crippen LogP contribution in [-0.2, 0) is 13.0 Å². The molecule has 0 fully saturated rings. The quantitative estimate of drug-likeness (QED) is 0.573. The second kappa shape index (κ2) is 5.76. The summed E-state index contributed by atoms with van der Waals surface area (Å²) in [6.07, 6.45) is 1.07.